The number of hydrogen-bond acceptors (Lipinski definition) is 4. The highest BCUT2D eigenvalue weighted by Gasteiger charge is 2.54. The van der Waals surface area contributed by atoms with Gasteiger partial charge < -0.3 is 15.0 Å². The van der Waals surface area contributed by atoms with Crippen LogP contribution < -0.4 is 10.2 Å². The van der Waals surface area contributed by atoms with Gasteiger partial charge in [0.05, 0.1) is 6.61 Å². The second-order valence-electron chi connectivity index (χ2n) is 8.25. The minimum atomic E-state index is -0.943. The van der Waals surface area contributed by atoms with E-state index < -0.39 is 5.41 Å². The molecule has 2 aromatic carbocycles. The highest BCUT2D eigenvalue weighted by molar-refractivity contribution is 5.93. The molecule has 1 heterocycles. The number of fused-ring (bicyclic) bond motifs is 1. The smallest absolute Gasteiger partial charge is 0.319 e. The molecule has 1 amide bonds. The highest BCUT2D eigenvalue weighted by Crippen LogP contribution is 2.53. The number of esters is 1. The van der Waals surface area contributed by atoms with Crippen molar-refractivity contribution in [1.29, 1.82) is 0 Å². The molecule has 0 bridgehead atoms. The minimum Gasteiger partial charge on any atom is -0.465 e. The number of benzene rings is 2. The van der Waals surface area contributed by atoms with Crippen LogP contribution in [-0.2, 0) is 14.3 Å². The van der Waals surface area contributed by atoms with Crippen molar-refractivity contribution in [3.8, 4) is 0 Å². The van der Waals surface area contributed by atoms with Crippen LogP contribution in [0.15, 0.2) is 72.4 Å². The van der Waals surface area contributed by atoms with Gasteiger partial charge in [0, 0.05) is 37.8 Å². The maximum absolute atomic E-state index is 13.4. The number of carbonyl (C=O) groups is 2. The third kappa shape index (κ3) is 3.76. The molecule has 2 unspecified atom stereocenters. The van der Waals surface area contributed by atoms with Crippen LogP contribution in [0.1, 0.15) is 36.8 Å². The zero-order chi connectivity index (χ0) is 22.0. The van der Waals surface area contributed by atoms with E-state index in [9.17, 15) is 9.59 Å². The highest BCUT2D eigenvalue weighted by atomic mass is 16.5. The number of hydrogen-bond donors (Lipinski definition) is 1. The molecular formula is C26H28N2O3. The molecule has 0 saturated carbocycles. The standard InChI is InChI=1S/C26H28N2O3/c1-4-31-25(30)26-15-14-24(29)27-23(26)17-20(18-8-6-5-7-9-18)16-22(26)19-10-12-21(13-11-19)28(2)3/h5-13,16-17,22H,4,14-15H2,1-3H3,(H,27,29). The van der Waals surface area contributed by atoms with E-state index in [1.807, 2.05) is 62.3 Å². The Bertz CT molecular complexity index is 1040. The van der Waals surface area contributed by atoms with E-state index in [0.717, 1.165) is 22.4 Å². The number of anilines is 1. The van der Waals surface area contributed by atoms with Gasteiger partial charge in [0.25, 0.3) is 0 Å². The van der Waals surface area contributed by atoms with Crippen LogP contribution in [0.2, 0.25) is 0 Å². The van der Waals surface area contributed by atoms with Crippen LogP contribution in [0.3, 0.4) is 0 Å². The number of piperidine rings is 1. The lowest BCUT2D eigenvalue weighted by Crippen LogP contribution is -2.50. The Morgan fingerprint density at radius 3 is 2.48 bits per heavy atom. The van der Waals surface area contributed by atoms with E-state index in [-0.39, 0.29) is 24.2 Å². The lowest BCUT2D eigenvalue weighted by atomic mass is 9.62. The van der Waals surface area contributed by atoms with Gasteiger partial charge in [-0.15, -0.1) is 0 Å². The van der Waals surface area contributed by atoms with Crippen molar-refractivity contribution < 1.29 is 14.3 Å². The minimum absolute atomic E-state index is 0.0674. The second kappa shape index (κ2) is 8.42. The van der Waals surface area contributed by atoms with Crippen LogP contribution in [0, 0.1) is 5.41 Å². The molecule has 0 radical (unpaired) electrons. The average Bonchev–Trinajstić information content (AvgIpc) is 2.79. The number of ether oxygens (including phenoxy) is 1. The maximum atomic E-state index is 13.4. The summed E-state index contributed by atoms with van der Waals surface area (Å²) in [5.74, 6) is -0.605. The van der Waals surface area contributed by atoms with Crippen molar-refractivity contribution in [3.05, 3.63) is 83.6 Å². The molecule has 2 aliphatic rings. The predicted molar refractivity (Wildman–Crippen MR) is 122 cm³/mol. The van der Waals surface area contributed by atoms with Gasteiger partial charge in [0.15, 0.2) is 0 Å². The van der Waals surface area contributed by atoms with Crippen LogP contribution in [0.5, 0.6) is 0 Å². The summed E-state index contributed by atoms with van der Waals surface area (Å²) in [5.41, 5.74) is 3.83. The fourth-order valence-electron chi connectivity index (χ4n) is 4.55. The molecule has 2 atom stereocenters. The Morgan fingerprint density at radius 2 is 1.84 bits per heavy atom. The van der Waals surface area contributed by atoms with Gasteiger partial charge >= 0.3 is 5.97 Å². The monoisotopic (exact) mass is 416 g/mol. The SMILES string of the molecule is CCOC(=O)C12CCC(=O)NC1=CC(c1ccccc1)=CC2c1ccc(N(C)C)cc1. The van der Waals surface area contributed by atoms with E-state index in [1.165, 1.54) is 0 Å². The number of allylic oxidation sites excluding steroid dienone is 3. The topological polar surface area (TPSA) is 58.6 Å². The zero-order valence-corrected chi connectivity index (χ0v) is 18.2. The van der Waals surface area contributed by atoms with Crippen LogP contribution in [0.25, 0.3) is 5.57 Å². The fraction of sp³-hybridized carbons (Fsp3) is 0.308. The first-order chi connectivity index (χ1) is 15.0. The Hall–Kier alpha value is -3.34. The first kappa shape index (κ1) is 20.9. The van der Waals surface area contributed by atoms with Gasteiger partial charge in [-0.2, -0.15) is 0 Å². The van der Waals surface area contributed by atoms with Gasteiger partial charge in [-0.05, 0) is 48.3 Å². The summed E-state index contributed by atoms with van der Waals surface area (Å²) >= 11 is 0. The van der Waals surface area contributed by atoms with E-state index in [1.54, 1.807) is 0 Å². The van der Waals surface area contributed by atoms with Gasteiger partial charge in [0.2, 0.25) is 5.91 Å². The van der Waals surface area contributed by atoms with Crippen molar-refractivity contribution in [3.63, 3.8) is 0 Å². The van der Waals surface area contributed by atoms with Crippen LogP contribution in [0.4, 0.5) is 5.69 Å². The Balaban J connectivity index is 1.89. The third-order valence-corrected chi connectivity index (χ3v) is 6.19. The lowest BCUT2D eigenvalue weighted by Gasteiger charge is -2.44. The Morgan fingerprint density at radius 1 is 1.13 bits per heavy atom. The molecule has 160 valence electrons. The third-order valence-electron chi connectivity index (χ3n) is 6.19. The number of nitrogens with zero attached hydrogens (tertiary/aromatic N) is 1. The van der Waals surface area contributed by atoms with E-state index in [2.05, 4.69) is 35.7 Å². The largest absolute Gasteiger partial charge is 0.465 e. The quantitative estimate of drug-likeness (QED) is 0.740. The van der Waals surface area contributed by atoms with Gasteiger partial charge in [0.1, 0.15) is 5.41 Å². The first-order valence-corrected chi connectivity index (χ1v) is 10.7. The molecule has 0 spiro atoms. The normalized spacial score (nSPS) is 22.5. The van der Waals surface area contributed by atoms with E-state index in [0.29, 0.717) is 18.7 Å². The van der Waals surface area contributed by atoms with Gasteiger partial charge in [-0.3, -0.25) is 9.59 Å². The van der Waals surface area contributed by atoms with Crippen molar-refractivity contribution in [2.24, 2.45) is 5.41 Å². The Kier molecular flexibility index (Phi) is 5.68. The zero-order valence-electron chi connectivity index (χ0n) is 18.2. The number of carbonyl (C=O) groups excluding carboxylic acids is 2. The summed E-state index contributed by atoms with van der Waals surface area (Å²) in [5, 5.41) is 3.00. The van der Waals surface area contributed by atoms with Gasteiger partial charge in [-0.1, -0.05) is 48.5 Å². The van der Waals surface area contributed by atoms with Crippen molar-refractivity contribution in [1.82, 2.24) is 5.32 Å². The summed E-state index contributed by atoms with van der Waals surface area (Å²) in [7, 11) is 4.00. The molecule has 4 rings (SSSR count). The fourth-order valence-corrected chi connectivity index (χ4v) is 4.55. The predicted octanol–water partition coefficient (Wildman–Crippen LogP) is 4.28. The molecule has 2 aromatic rings. The van der Waals surface area contributed by atoms with E-state index in [4.69, 9.17) is 4.74 Å². The van der Waals surface area contributed by atoms with Gasteiger partial charge in [-0.25, -0.2) is 0 Å². The van der Waals surface area contributed by atoms with E-state index >= 15 is 0 Å². The summed E-state index contributed by atoms with van der Waals surface area (Å²) in [6.45, 7) is 2.11. The molecule has 1 saturated heterocycles. The number of nitrogens with one attached hydrogen (secondary N) is 1. The van der Waals surface area contributed by atoms with Crippen molar-refractivity contribution >= 4 is 23.1 Å². The average molecular weight is 417 g/mol. The molecule has 31 heavy (non-hydrogen) atoms. The van der Waals surface area contributed by atoms with Crippen molar-refractivity contribution in [2.45, 2.75) is 25.7 Å². The molecule has 5 nitrogen and oxygen atoms in total. The maximum Gasteiger partial charge on any atom is 0.319 e. The molecule has 1 aliphatic heterocycles. The summed E-state index contributed by atoms with van der Waals surface area (Å²) in [6, 6.07) is 18.3. The number of amides is 1. The summed E-state index contributed by atoms with van der Waals surface area (Å²) in [6.07, 6.45) is 4.80. The lowest BCUT2D eigenvalue weighted by molar-refractivity contribution is -0.156. The molecule has 1 N–H and O–H groups in total. The molecule has 5 heteroatoms. The molecule has 1 fully saturated rings. The molecule has 1 aliphatic carbocycles. The Labute approximate surface area is 183 Å². The van der Waals surface area contributed by atoms with Crippen molar-refractivity contribution in [2.75, 3.05) is 25.6 Å². The summed E-state index contributed by atoms with van der Waals surface area (Å²) < 4.78 is 5.56. The van der Waals surface area contributed by atoms with Crippen LogP contribution >= 0.6 is 0 Å². The summed E-state index contributed by atoms with van der Waals surface area (Å²) in [4.78, 5) is 27.8. The molecular weight excluding hydrogens is 388 g/mol. The second-order valence-corrected chi connectivity index (χ2v) is 8.25. The first-order valence-electron chi connectivity index (χ1n) is 10.7. The number of rotatable bonds is 5. The molecule has 0 aromatic heterocycles. The van der Waals surface area contributed by atoms with Crippen LogP contribution in [-0.4, -0.2) is 32.6 Å².